The molecule has 3 amide bonds. The summed E-state index contributed by atoms with van der Waals surface area (Å²) in [5.74, 6) is -2.28. The molecule has 0 unspecified atom stereocenters. The Hall–Kier alpha value is -2.86. The third-order valence-electron chi connectivity index (χ3n) is 2.76. The molecule has 0 heterocycles. The van der Waals surface area contributed by atoms with Crippen molar-refractivity contribution in [1.29, 1.82) is 0 Å². The first-order chi connectivity index (χ1) is 10.5. The number of primary amides is 1. The monoisotopic (exact) mass is 317 g/mol. The van der Waals surface area contributed by atoms with Gasteiger partial charge in [0.05, 0.1) is 10.7 Å². The predicted octanol–water partition coefficient (Wildman–Crippen LogP) is 2.02. The van der Waals surface area contributed by atoms with Crippen molar-refractivity contribution in [3.63, 3.8) is 0 Å². The molecule has 2 aromatic carbocycles. The summed E-state index contributed by atoms with van der Waals surface area (Å²) in [6.45, 7) is 0. The predicted molar refractivity (Wildman–Crippen MR) is 83.7 cm³/mol. The summed E-state index contributed by atoms with van der Waals surface area (Å²) in [6, 6.07) is 12.4. The van der Waals surface area contributed by atoms with Crippen molar-refractivity contribution in [3.8, 4) is 0 Å². The van der Waals surface area contributed by atoms with E-state index in [1.807, 2.05) is 0 Å². The molecule has 0 saturated heterocycles. The molecule has 112 valence electrons. The molecule has 6 nitrogen and oxygen atoms in total. The van der Waals surface area contributed by atoms with Crippen LogP contribution in [0.4, 0.5) is 11.4 Å². The molecule has 2 rings (SSSR count). The van der Waals surface area contributed by atoms with Gasteiger partial charge in [-0.15, -0.1) is 0 Å². The molecule has 0 aliphatic carbocycles. The van der Waals surface area contributed by atoms with Crippen LogP contribution in [0.5, 0.6) is 0 Å². The molecule has 2 aromatic rings. The minimum Gasteiger partial charge on any atom is -0.366 e. The van der Waals surface area contributed by atoms with Crippen LogP contribution in [0, 0.1) is 0 Å². The first kappa shape index (κ1) is 15.5. The number of rotatable bonds is 3. The van der Waals surface area contributed by atoms with Crippen LogP contribution in [0.2, 0.25) is 5.02 Å². The average molecular weight is 318 g/mol. The van der Waals surface area contributed by atoms with E-state index in [2.05, 4.69) is 10.6 Å². The van der Waals surface area contributed by atoms with Gasteiger partial charge >= 0.3 is 11.8 Å². The zero-order chi connectivity index (χ0) is 16.1. The highest BCUT2D eigenvalue weighted by Gasteiger charge is 2.15. The van der Waals surface area contributed by atoms with E-state index in [1.54, 1.807) is 24.3 Å². The molecular formula is C15H12ClN3O3. The number of hydrogen-bond acceptors (Lipinski definition) is 3. The van der Waals surface area contributed by atoms with E-state index in [1.165, 1.54) is 24.3 Å². The van der Waals surface area contributed by atoms with Crippen molar-refractivity contribution < 1.29 is 14.4 Å². The van der Waals surface area contributed by atoms with Crippen molar-refractivity contribution >= 4 is 40.7 Å². The van der Waals surface area contributed by atoms with Crippen molar-refractivity contribution in [2.75, 3.05) is 10.6 Å². The molecule has 0 aliphatic heterocycles. The summed E-state index contributed by atoms with van der Waals surface area (Å²) in [6.07, 6.45) is 0. The molecular weight excluding hydrogens is 306 g/mol. The summed E-state index contributed by atoms with van der Waals surface area (Å²) < 4.78 is 0. The fourth-order valence-electron chi connectivity index (χ4n) is 1.65. The number of nitrogens with one attached hydrogen (secondary N) is 2. The van der Waals surface area contributed by atoms with Crippen LogP contribution in [0.15, 0.2) is 48.5 Å². The molecule has 22 heavy (non-hydrogen) atoms. The van der Waals surface area contributed by atoms with Gasteiger partial charge in [0.1, 0.15) is 0 Å². The van der Waals surface area contributed by atoms with E-state index in [4.69, 9.17) is 17.3 Å². The second kappa shape index (κ2) is 6.73. The lowest BCUT2D eigenvalue weighted by Gasteiger charge is -2.08. The Morgan fingerprint density at radius 1 is 0.864 bits per heavy atom. The van der Waals surface area contributed by atoms with Gasteiger partial charge in [-0.05, 0) is 36.4 Å². The van der Waals surface area contributed by atoms with E-state index in [0.717, 1.165) is 0 Å². The van der Waals surface area contributed by atoms with Crippen LogP contribution < -0.4 is 16.4 Å². The fraction of sp³-hybridized carbons (Fsp3) is 0. The third kappa shape index (κ3) is 3.83. The highest BCUT2D eigenvalue weighted by Crippen LogP contribution is 2.20. The first-order valence-corrected chi connectivity index (χ1v) is 6.62. The van der Waals surface area contributed by atoms with Crippen molar-refractivity contribution in [3.05, 3.63) is 59.1 Å². The molecule has 0 aliphatic rings. The maximum Gasteiger partial charge on any atom is 0.314 e. The summed E-state index contributed by atoms with van der Waals surface area (Å²) >= 11 is 5.89. The number of hydrogen-bond donors (Lipinski definition) is 3. The maximum atomic E-state index is 11.8. The van der Waals surface area contributed by atoms with Crippen LogP contribution in [0.1, 0.15) is 10.4 Å². The van der Waals surface area contributed by atoms with E-state index >= 15 is 0 Å². The number of halogens is 1. The molecule has 0 saturated carbocycles. The summed E-state index contributed by atoms with van der Waals surface area (Å²) in [5.41, 5.74) is 6.12. The quantitative estimate of drug-likeness (QED) is 0.755. The van der Waals surface area contributed by atoms with Crippen LogP contribution in [-0.4, -0.2) is 17.7 Å². The lowest BCUT2D eigenvalue weighted by molar-refractivity contribution is -0.132. The standard InChI is InChI=1S/C15H12ClN3O3/c16-11-3-1-2-4-12(11)19-15(22)14(21)18-10-7-5-9(6-8-10)13(17)20/h1-8H,(H2,17,20)(H,18,21)(H,19,22). The van der Waals surface area contributed by atoms with Crippen LogP contribution >= 0.6 is 11.6 Å². The maximum absolute atomic E-state index is 11.8. The zero-order valence-corrected chi connectivity index (χ0v) is 12.1. The first-order valence-electron chi connectivity index (χ1n) is 6.24. The van der Waals surface area contributed by atoms with Gasteiger partial charge in [0.2, 0.25) is 5.91 Å². The Morgan fingerprint density at radius 3 is 2.05 bits per heavy atom. The largest absolute Gasteiger partial charge is 0.366 e. The van der Waals surface area contributed by atoms with Gasteiger partial charge in [0.15, 0.2) is 0 Å². The molecule has 0 aromatic heterocycles. The molecule has 7 heteroatoms. The number of nitrogens with two attached hydrogens (primary N) is 1. The number of para-hydroxylation sites is 1. The molecule has 0 fully saturated rings. The summed E-state index contributed by atoms with van der Waals surface area (Å²) in [5, 5.41) is 5.13. The molecule has 0 bridgehead atoms. The highest BCUT2D eigenvalue weighted by atomic mass is 35.5. The van der Waals surface area contributed by atoms with Gasteiger partial charge in [-0.25, -0.2) is 0 Å². The smallest absolute Gasteiger partial charge is 0.314 e. The minimum atomic E-state index is -0.855. The van der Waals surface area contributed by atoms with Gasteiger partial charge in [-0.2, -0.15) is 0 Å². The van der Waals surface area contributed by atoms with Gasteiger partial charge in [-0.3, -0.25) is 14.4 Å². The van der Waals surface area contributed by atoms with Crippen molar-refractivity contribution in [1.82, 2.24) is 0 Å². The number of carbonyl (C=O) groups excluding carboxylic acids is 3. The van der Waals surface area contributed by atoms with E-state index < -0.39 is 17.7 Å². The van der Waals surface area contributed by atoms with Gasteiger partial charge < -0.3 is 16.4 Å². The van der Waals surface area contributed by atoms with Gasteiger partial charge in [0, 0.05) is 11.3 Å². The number of amides is 3. The Bertz CT molecular complexity index is 729. The van der Waals surface area contributed by atoms with Crippen LogP contribution in [0.25, 0.3) is 0 Å². The van der Waals surface area contributed by atoms with Crippen molar-refractivity contribution in [2.24, 2.45) is 5.73 Å². The molecule has 4 N–H and O–H groups in total. The van der Waals surface area contributed by atoms with Crippen molar-refractivity contribution in [2.45, 2.75) is 0 Å². The number of anilines is 2. The van der Waals surface area contributed by atoms with Crippen LogP contribution in [0.3, 0.4) is 0 Å². The number of benzene rings is 2. The zero-order valence-electron chi connectivity index (χ0n) is 11.3. The topological polar surface area (TPSA) is 101 Å². The van der Waals surface area contributed by atoms with E-state index in [9.17, 15) is 14.4 Å². The fourth-order valence-corrected chi connectivity index (χ4v) is 1.83. The summed E-state index contributed by atoms with van der Waals surface area (Å²) in [7, 11) is 0. The Balaban J connectivity index is 2.01. The minimum absolute atomic E-state index is 0.304. The summed E-state index contributed by atoms with van der Waals surface area (Å²) in [4.78, 5) is 34.5. The lowest BCUT2D eigenvalue weighted by atomic mass is 10.2. The SMILES string of the molecule is NC(=O)c1ccc(NC(=O)C(=O)Nc2ccccc2Cl)cc1. The van der Waals surface area contributed by atoms with E-state index in [-0.39, 0.29) is 0 Å². The van der Waals surface area contributed by atoms with Gasteiger partial charge in [-0.1, -0.05) is 23.7 Å². The Kier molecular flexibility index (Phi) is 4.75. The second-order valence-electron chi connectivity index (χ2n) is 4.33. The lowest BCUT2D eigenvalue weighted by Crippen LogP contribution is -2.29. The molecule has 0 radical (unpaired) electrons. The third-order valence-corrected chi connectivity index (χ3v) is 3.09. The highest BCUT2D eigenvalue weighted by molar-refractivity contribution is 6.44. The number of carbonyl (C=O) groups is 3. The van der Waals surface area contributed by atoms with E-state index in [0.29, 0.717) is 22.0 Å². The van der Waals surface area contributed by atoms with Crippen LogP contribution in [-0.2, 0) is 9.59 Å². The average Bonchev–Trinajstić information content (AvgIpc) is 2.50. The normalized spacial score (nSPS) is 9.86. The Labute approximate surface area is 131 Å². The molecule has 0 atom stereocenters. The van der Waals surface area contributed by atoms with Gasteiger partial charge in [0.25, 0.3) is 0 Å². The molecule has 0 spiro atoms. The Morgan fingerprint density at radius 2 is 1.45 bits per heavy atom. The second-order valence-corrected chi connectivity index (χ2v) is 4.74.